The molecule has 0 aromatic carbocycles. The Morgan fingerprint density at radius 2 is 1.67 bits per heavy atom. The highest BCUT2D eigenvalue weighted by atomic mass is 16.5. The Labute approximate surface area is 114 Å². The fourth-order valence-corrected chi connectivity index (χ4v) is 2.34. The summed E-state index contributed by atoms with van der Waals surface area (Å²) >= 11 is 0. The molecule has 0 saturated heterocycles. The van der Waals surface area contributed by atoms with E-state index >= 15 is 0 Å². The first-order chi connectivity index (χ1) is 8.56. The maximum absolute atomic E-state index is 6.08. The monoisotopic (exact) mass is 259 g/mol. The summed E-state index contributed by atoms with van der Waals surface area (Å²) in [6, 6.07) is 0.273. The number of hydrogen-bond acceptors (Lipinski definition) is 3. The molecule has 0 fully saturated rings. The van der Waals surface area contributed by atoms with Crippen molar-refractivity contribution in [1.82, 2.24) is 5.32 Å². The molecule has 0 saturated carbocycles. The second-order valence-corrected chi connectivity index (χ2v) is 5.09. The minimum absolute atomic E-state index is 0.0984. The van der Waals surface area contributed by atoms with Gasteiger partial charge >= 0.3 is 0 Å². The topological polar surface area (TPSA) is 30.5 Å². The minimum atomic E-state index is -0.0984. The van der Waals surface area contributed by atoms with Gasteiger partial charge in [0.25, 0.3) is 0 Å². The van der Waals surface area contributed by atoms with Gasteiger partial charge < -0.3 is 14.8 Å². The lowest BCUT2D eigenvalue weighted by Gasteiger charge is -2.40. The fourth-order valence-electron chi connectivity index (χ4n) is 2.34. The molecule has 1 unspecified atom stereocenters. The Morgan fingerprint density at radius 1 is 1.06 bits per heavy atom. The third-order valence-corrected chi connectivity index (χ3v) is 3.50. The summed E-state index contributed by atoms with van der Waals surface area (Å²) in [7, 11) is 0. The molecule has 3 heteroatoms. The SMILES string of the molecule is CCCNC(COC(C)C)C(CC)(CC)OCC. The standard InChI is InChI=1S/C15H33NO2/c1-7-11-16-14(12-17-13(5)6)15(8-2,9-3)18-10-4/h13-14,16H,7-12H2,1-6H3. The smallest absolute Gasteiger partial charge is 0.0851 e. The first kappa shape index (κ1) is 17.9. The van der Waals surface area contributed by atoms with Crippen LogP contribution >= 0.6 is 0 Å². The maximum Gasteiger partial charge on any atom is 0.0851 e. The Morgan fingerprint density at radius 3 is 2.06 bits per heavy atom. The highest BCUT2D eigenvalue weighted by Gasteiger charge is 2.36. The molecule has 1 N–H and O–H groups in total. The van der Waals surface area contributed by atoms with Crippen molar-refractivity contribution >= 4 is 0 Å². The predicted octanol–water partition coefficient (Wildman–Crippen LogP) is 3.37. The summed E-state index contributed by atoms with van der Waals surface area (Å²) in [6.07, 6.45) is 3.43. The largest absolute Gasteiger partial charge is 0.377 e. The van der Waals surface area contributed by atoms with E-state index in [-0.39, 0.29) is 17.7 Å². The molecule has 0 aliphatic rings. The second kappa shape index (κ2) is 9.76. The van der Waals surface area contributed by atoms with Gasteiger partial charge in [-0.2, -0.15) is 0 Å². The van der Waals surface area contributed by atoms with Crippen LogP contribution in [-0.4, -0.2) is 37.5 Å². The van der Waals surface area contributed by atoms with Crippen LogP contribution in [0.5, 0.6) is 0 Å². The molecule has 18 heavy (non-hydrogen) atoms. The zero-order valence-electron chi connectivity index (χ0n) is 13.2. The molecule has 0 aromatic rings. The highest BCUT2D eigenvalue weighted by Crippen LogP contribution is 2.25. The predicted molar refractivity (Wildman–Crippen MR) is 78.1 cm³/mol. The summed E-state index contributed by atoms with van der Waals surface area (Å²) in [5.74, 6) is 0. The average Bonchev–Trinajstić information content (AvgIpc) is 2.36. The van der Waals surface area contributed by atoms with E-state index in [1.165, 1.54) is 0 Å². The first-order valence-electron chi connectivity index (χ1n) is 7.55. The van der Waals surface area contributed by atoms with E-state index in [0.29, 0.717) is 0 Å². The summed E-state index contributed by atoms with van der Waals surface area (Å²) < 4.78 is 11.9. The van der Waals surface area contributed by atoms with E-state index in [4.69, 9.17) is 9.47 Å². The van der Waals surface area contributed by atoms with E-state index in [2.05, 4.69) is 46.9 Å². The molecule has 0 heterocycles. The van der Waals surface area contributed by atoms with Gasteiger partial charge in [-0.15, -0.1) is 0 Å². The highest BCUT2D eigenvalue weighted by molar-refractivity contribution is 4.91. The molecule has 0 aromatic heterocycles. The van der Waals surface area contributed by atoms with Gasteiger partial charge in [-0.05, 0) is 46.6 Å². The average molecular weight is 259 g/mol. The maximum atomic E-state index is 6.08. The van der Waals surface area contributed by atoms with Crippen LogP contribution in [0.15, 0.2) is 0 Å². The van der Waals surface area contributed by atoms with E-state index in [0.717, 1.165) is 39.0 Å². The second-order valence-electron chi connectivity index (χ2n) is 5.09. The van der Waals surface area contributed by atoms with Gasteiger partial charge in [0.2, 0.25) is 0 Å². The lowest BCUT2D eigenvalue weighted by atomic mass is 9.88. The van der Waals surface area contributed by atoms with Gasteiger partial charge in [0.05, 0.1) is 24.4 Å². The van der Waals surface area contributed by atoms with Crippen molar-refractivity contribution in [2.24, 2.45) is 0 Å². The van der Waals surface area contributed by atoms with Crippen molar-refractivity contribution in [2.75, 3.05) is 19.8 Å². The van der Waals surface area contributed by atoms with Gasteiger partial charge in [-0.1, -0.05) is 20.8 Å². The number of ether oxygens (including phenoxy) is 2. The molecule has 0 bridgehead atoms. The first-order valence-corrected chi connectivity index (χ1v) is 7.55. The molecular formula is C15H33NO2. The third kappa shape index (κ3) is 5.68. The van der Waals surface area contributed by atoms with Gasteiger partial charge in [0.15, 0.2) is 0 Å². The molecular weight excluding hydrogens is 226 g/mol. The zero-order valence-corrected chi connectivity index (χ0v) is 13.2. The zero-order chi connectivity index (χ0) is 14.0. The lowest BCUT2D eigenvalue weighted by molar-refractivity contribution is -0.0947. The third-order valence-electron chi connectivity index (χ3n) is 3.50. The summed E-state index contributed by atoms with van der Waals surface area (Å²) in [5, 5.41) is 3.60. The normalized spacial score (nSPS) is 14.2. The summed E-state index contributed by atoms with van der Waals surface area (Å²) in [5.41, 5.74) is -0.0984. The van der Waals surface area contributed by atoms with Crippen LogP contribution in [0, 0.1) is 0 Å². The molecule has 0 spiro atoms. The molecule has 110 valence electrons. The van der Waals surface area contributed by atoms with Crippen molar-refractivity contribution in [3.8, 4) is 0 Å². The van der Waals surface area contributed by atoms with Crippen LogP contribution in [0.25, 0.3) is 0 Å². The van der Waals surface area contributed by atoms with E-state index in [1.807, 2.05) is 0 Å². The van der Waals surface area contributed by atoms with Crippen LogP contribution in [-0.2, 0) is 9.47 Å². The van der Waals surface area contributed by atoms with Crippen LogP contribution in [0.4, 0.5) is 0 Å². The van der Waals surface area contributed by atoms with E-state index in [9.17, 15) is 0 Å². The van der Waals surface area contributed by atoms with Gasteiger partial charge in [0, 0.05) is 6.61 Å². The Balaban J connectivity index is 4.72. The number of nitrogens with one attached hydrogen (secondary N) is 1. The van der Waals surface area contributed by atoms with Crippen LogP contribution < -0.4 is 5.32 Å². The van der Waals surface area contributed by atoms with Crippen LogP contribution in [0.3, 0.4) is 0 Å². The van der Waals surface area contributed by atoms with Gasteiger partial charge in [0.1, 0.15) is 0 Å². The van der Waals surface area contributed by atoms with Gasteiger partial charge in [-0.25, -0.2) is 0 Å². The quantitative estimate of drug-likeness (QED) is 0.617. The van der Waals surface area contributed by atoms with Crippen LogP contribution in [0.2, 0.25) is 0 Å². The van der Waals surface area contributed by atoms with Crippen molar-refractivity contribution in [1.29, 1.82) is 0 Å². The van der Waals surface area contributed by atoms with E-state index in [1.54, 1.807) is 0 Å². The van der Waals surface area contributed by atoms with Crippen molar-refractivity contribution in [3.05, 3.63) is 0 Å². The Kier molecular flexibility index (Phi) is 9.70. The van der Waals surface area contributed by atoms with Crippen LogP contribution in [0.1, 0.15) is 60.8 Å². The minimum Gasteiger partial charge on any atom is -0.377 e. The molecule has 0 aliphatic heterocycles. The van der Waals surface area contributed by atoms with Crippen molar-refractivity contribution in [2.45, 2.75) is 78.6 Å². The fraction of sp³-hybridized carbons (Fsp3) is 1.00. The van der Waals surface area contributed by atoms with Crippen molar-refractivity contribution in [3.63, 3.8) is 0 Å². The molecule has 1 atom stereocenters. The molecule has 0 aliphatic carbocycles. The molecule has 0 amide bonds. The molecule has 3 nitrogen and oxygen atoms in total. The Hall–Kier alpha value is -0.120. The Bertz CT molecular complexity index is 191. The number of hydrogen-bond donors (Lipinski definition) is 1. The lowest BCUT2D eigenvalue weighted by Crippen LogP contribution is -2.55. The van der Waals surface area contributed by atoms with Gasteiger partial charge in [-0.3, -0.25) is 0 Å². The van der Waals surface area contributed by atoms with Crippen molar-refractivity contribution < 1.29 is 9.47 Å². The summed E-state index contributed by atoms with van der Waals surface area (Å²) in [4.78, 5) is 0. The van der Waals surface area contributed by atoms with E-state index < -0.39 is 0 Å². The number of rotatable bonds is 11. The summed E-state index contributed by atoms with van der Waals surface area (Å²) in [6.45, 7) is 15.3. The molecule has 0 radical (unpaired) electrons. The molecule has 0 rings (SSSR count).